The van der Waals surface area contributed by atoms with Crippen LogP contribution in [0.2, 0.25) is 0 Å². The first-order valence-corrected chi connectivity index (χ1v) is 7.56. The van der Waals surface area contributed by atoms with Crippen LogP contribution in [0.4, 0.5) is 0 Å². The highest BCUT2D eigenvalue weighted by Crippen LogP contribution is 2.33. The van der Waals surface area contributed by atoms with Gasteiger partial charge >= 0.3 is 0 Å². The van der Waals surface area contributed by atoms with E-state index in [0.29, 0.717) is 17.7 Å². The lowest BCUT2D eigenvalue weighted by Gasteiger charge is -2.25. The molecule has 0 aliphatic rings. The molecule has 1 amide bonds. The van der Waals surface area contributed by atoms with Crippen molar-refractivity contribution in [2.75, 3.05) is 7.05 Å². The summed E-state index contributed by atoms with van der Waals surface area (Å²) < 4.78 is 0. The van der Waals surface area contributed by atoms with Crippen molar-refractivity contribution in [3.8, 4) is 0 Å². The van der Waals surface area contributed by atoms with E-state index in [1.54, 1.807) is 25.6 Å². The van der Waals surface area contributed by atoms with E-state index in [1.807, 2.05) is 37.3 Å². The van der Waals surface area contributed by atoms with E-state index in [-0.39, 0.29) is 5.91 Å². The van der Waals surface area contributed by atoms with Crippen molar-refractivity contribution < 1.29 is 9.90 Å². The predicted octanol–water partition coefficient (Wildman–Crippen LogP) is 2.57. The number of aromatic amines is 1. The molecule has 0 aliphatic heterocycles. The van der Waals surface area contributed by atoms with Gasteiger partial charge in [0, 0.05) is 18.8 Å². The number of hydrogen-bond acceptors (Lipinski definition) is 3. The first-order chi connectivity index (χ1) is 11.1. The number of aliphatic hydroxyl groups is 1. The van der Waals surface area contributed by atoms with Crippen molar-refractivity contribution in [2.45, 2.75) is 18.9 Å². The summed E-state index contributed by atoms with van der Waals surface area (Å²) in [5, 5.41) is 15.6. The number of fused-ring (bicyclic) bond motifs is 1. The van der Waals surface area contributed by atoms with Crippen molar-refractivity contribution in [3.05, 3.63) is 65.7 Å². The van der Waals surface area contributed by atoms with Gasteiger partial charge in [-0.25, -0.2) is 4.98 Å². The molecule has 5 heteroatoms. The fourth-order valence-electron chi connectivity index (χ4n) is 2.81. The summed E-state index contributed by atoms with van der Waals surface area (Å²) >= 11 is 0. The molecular weight excluding hydrogens is 290 g/mol. The minimum Gasteiger partial charge on any atom is -0.379 e. The average Bonchev–Trinajstić information content (AvgIpc) is 3.14. The van der Waals surface area contributed by atoms with E-state index in [0.717, 1.165) is 16.3 Å². The highest BCUT2D eigenvalue weighted by atomic mass is 16.3. The third kappa shape index (κ3) is 2.59. The Morgan fingerprint density at radius 2 is 2.00 bits per heavy atom. The molecule has 0 fully saturated rings. The predicted molar refractivity (Wildman–Crippen MR) is 89.2 cm³/mol. The minimum absolute atomic E-state index is 0.113. The number of benzene rings is 2. The molecule has 5 nitrogen and oxygen atoms in total. The molecule has 0 aliphatic carbocycles. The van der Waals surface area contributed by atoms with E-state index in [9.17, 15) is 9.90 Å². The smallest absolute Gasteiger partial charge is 0.251 e. The fraction of sp³-hybridized carbons (Fsp3) is 0.222. The van der Waals surface area contributed by atoms with Crippen molar-refractivity contribution in [1.29, 1.82) is 0 Å². The van der Waals surface area contributed by atoms with Gasteiger partial charge in [0.25, 0.3) is 5.91 Å². The van der Waals surface area contributed by atoms with Crippen molar-refractivity contribution in [1.82, 2.24) is 15.3 Å². The zero-order valence-corrected chi connectivity index (χ0v) is 13.1. The third-order valence-electron chi connectivity index (χ3n) is 4.24. The van der Waals surface area contributed by atoms with Crippen LogP contribution in [0, 0.1) is 0 Å². The maximum absolute atomic E-state index is 11.7. The Hall–Kier alpha value is -2.66. The number of rotatable bonds is 4. The quantitative estimate of drug-likeness (QED) is 0.693. The number of hydrogen-bond donors (Lipinski definition) is 3. The Morgan fingerprint density at radius 1 is 1.26 bits per heavy atom. The summed E-state index contributed by atoms with van der Waals surface area (Å²) in [5.74, 6) is -0.113. The number of imidazole rings is 1. The Labute approximate surface area is 134 Å². The van der Waals surface area contributed by atoms with E-state index in [2.05, 4.69) is 15.3 Å². The number of aromatic nitrogens is 2. The number of nitrogens with zero attached hydrogens (tertiary/aromatic N) is 1. The molecular formula is C18H19N3O2. The molecule has 0 radical (unpaired) electrons. The van der Waals surface area contributed by atoms with Gasteiger partial charge in [-0.3, -0.25) is 4.79 Å². The van der Waals surface area contributed by atoms with Crippen LogP contribution >= 0.6 is 0 Å². The highest BCUT2D eigenvalue weighted by molar-refractivity contribution is 5.98. The standard InChI is InChI=1S/C18H19N3O2/c1-3-18(23,16-10-20-11-21-16)15-7-6-12-8-14(17(22)19-2)5-4-13(12)9-15/h4-11,23H,3H2,1-2H3,(H,19,22)(H,20,21)/t18-/m0/s1. The van der Waals surface area contributed by atoms with Gasteiger partial charge < -0.3 is 15.4 Å². The Balaban J connectivity index is 2.08. The molecule has 1 heterocycles. The summed E-state index contributed by atoms with van der Waals surface area (Å²) in [6.45, 7) is 1.92. The van der Waals surface area contributed by atoms with Crippen LogP contribution in [0.15, 0.2) is 48.9 Å². The number of amides is 1. The molecule has 0 bridgehead atoms. The van der Waals surface area contributed by atoms with E-state index in [4.69, 9.17) is 0 Å². The van der Waals surface area contributed by atoms with Gasteiger partial charge in [0.2, 0.25) is 0 Å². The molecule has 0 unspecified atom stereocenters. The number of carbonyl (C=O) groups excluding carboxylic acids is 1. The Morgan fingerprint density at radius 3 is 2.65 bits per heavy atom. The molecule has 0 spiro atoms. The topological polar surface area (TPSA) is 78.0 Å². The molecule has 118 valence electrons. The lowest BCUT2D eigenvalue weighted by molar-refractivity contribution is 0.0725. The SMILES string of the molecule is CC[C@](O)(c1ccc2cc(C(=O)NC)ccc2c1)c1c[nH]cn1. The summed E-state index contributed by atoms with van der Waals surface area (Å²) in [6.07, 6.45) is 3.79. The lowest BCUT2D eigenvalue weighted by atomic mass is 9.87. The van der Waals surface area contributed by atoms with Crippen LogP contribution in [-0.2, 0) is 5.60 Å². The second-order valence-electron chi connectivity index (χ2n) is 5.52. The molecule has 1 aromatic heterocycles. The minimum atomic E-state index is -1.13. The molecule has 3 N–H and O–H groups in total. The second-order valence-corrected chi connectivity index (χ2v) is 5.52. The van der Waals surface area contributed by atoms with Gasteiger partial charge in [-0.05, 0) is 41.0 Å². The van der Waals surface area contributed by atoms with Gasteiger partial charge in [0.05, 0.1) is 12.0 Å². The van der Waals surface area contributed by atoms with E-state index >= 15 is 0 Å². The Bertz CT molecular complexity index is 843. The van der Waals surface area contributed by atoms with Gasteiger partial charge in [-0.15, -0.1) is 0 Å². The summed E-state index contributed by atoms with van der Waals surface area (Å²) in [5.41, 5.74) is 0.868. The normalized spacial score (nSPS) is 13.7. The monoisotopic (exact) mass is 309 g/mol. The number of nitrogens with one attached hydrogen (secondary N) is 2. The maximum atomic E-state index is 11.7. The summed E-state index contributed by atoms with van der Waals surface area (Å²) in [6, 6.07) is 11.3. The Kier molecular flexibility index (Phi) is 3.88. The number of H-pyrrole nitrogens is 1. The molecule has 2 aromatic carbocycles. The molecule has 3 rings (SSSR count). The first kappa shape index (κ1) is 15.2. The van der Waals surface area contributed by atoms with Gasteiger partial charge in [-0.2, -0.15) is 0 Å². The largest absolute Gasteiger partial charge is 0.379 e. The van der Waals surface area contributed by atoms with Crippen LogP contribution in [0.25, 0.3) is 10.8 Å². The van der Waals surface area contributed by atoms with Crippen molar-refractivity contribution in [2.24, 2.45) is 0 Å². The second kappa shape index (κ2) is 5.85. The fourth-order valence-corrected chi connectivity index (χ4v) is 2.81. The zero-order chi connectivity index (χ0) is 16.4. The molecule has 0 saturated heterocycles. The molecule has 1 atom stereocenters. The number of carbonyl (C=O) groups is 1. The lowest BCUT2D eigenvalue weighted by Crippen LogP contribution is -2.26. The summed E-state index contributed by atoms with van der Waals surface area (Å²) in [7, 11) is 1.61. The summed E-state index contributed by atoms with van der Waals surface area (Å²) in [4.78, 5) is 18.8. The molecule has 0 saturated carbocycles. The van der Waals surface area contributed by atoms with Gasteiger partial charge in [0.15, 0.2) is 0 Å². The van der Waals surface area contributed by atoms with Crippen LogP contribution in [-0.4, -0.2) is 28.0 Å². The van der Waals surface area contributed by atoms with Gasteiger partial charge in [0.1, 0.15) is 5.60 Å². The third-order valence-corrected chi connectivity index (χ3v) is 4.24. The van der Waals surface area contributed by atoms with Crippen molar-refractivity contribution in [3.63, 3.8) is 0 Å². The average molecular weight is 309 g/mol. The molecule has 3 aromatic rings. The molecule has 23 heavy (non-hydrogen) atoms. The van der Waals surface area contributed by atoms with Gasteiger partial charge in [-0.1, -0.05) is 25.1 Å². The van der Waals surface area contributed by atoms with Crippen LogP contribution in [0.3, 0.4) is 0 Å². The van der Waals surface area contributed by atoms with E-state index < -0.39 is 5.60 Å². The van der Waals surface area contributed by atoms with Crippen LogP contribution in [0.1, 0.15) is 35.0 Å². The first-order valence-electron chi connectivity index (χ1n) is 7.56. The van der Waals surface area contributed by atoms with E-state index in [1.165, 1.54) is 0 Å². The zero-order valence-electron chi connectivity index (χ0n) is 13.1. The van der Waals surface area contributed by atoms with Crippen LogP contribution < -0.4 is 5.32 Å². The highest BCUT2D eigenvalue weighted by Gasteiger charge is 2.31. The maximum Gasteiger partial charge on any atom is 0.251 e. The van der Waals surface area contributed by atoms with Crippen molar-refractivity contribution >= 4 is 16.7 Å². The van der Waals surface area contributed by atoms with Crippen LogP contribution in [0.5, 0.6) is 0 Å².